The number of benzene rings is 4. The highest BCUT2D eigenvalue weighted by molar-refractivity contribution is 6.11. The van der Waals surface area contributed by atoms with Crippen molar-refractivity contribution in [3.63, 3.8) is 0 Å². The first-order valence-corrected chi connectivity index (χ1v) is 15.5. The van der Waals surface area contributed by atoms with Crippen LogP contribution in [-0.4, -0.2) is 32.7 Å². The van der Waals surface area contributed by atoms with Crippen LogP contribution in [-0.2, 0) is 12.5 Å². The summed E-state index contributed by atoms with van der Waals surface area (Å²) >= 11 is 0. The van der Waals surface area contributed by atoms with E-state index in [1.807, 2.05) is 6.20 Å². The lowest BCUT2D eigenvalue weighted by atomic mass is 9.86. The number of nitrogens with zero attached hydrogens (tertiary/aromatic N) is 5. The van der Waals surface area contributed by atoms with Crippen LogP contribution in [0.2, 0.25) is 0 Å². The van der Waals surface area contributed by atoms with Gasteiger partial charge in [0.2, 0.25) is 0 Å². The molecule has 0 aliphatic carbocycles. The molecule has 0 atom stereocenters. The van der Waals surface area contributed by atoms with E-state index in [1.165, 1.54) is 38.2 Å². The Labute approximate surface area is 263 Å². The highest BCUT2D eigenvalue weighted by Gasteiger charge is 2.21. The zero-order valence-corrected chi connectivity index (χ0v) is 26.7. The molecule has 6 heteroatoms. The summed E-state index contributed by atoms with van der Waals surface area (Å²) in [6, 6.07) is 30.4. The van der Waals surface area contributed by atoms with Gasteiger partial charge in [0.25, 0.3) is 0 Å². The third-order valence-electron chi connectivity index (χ3n) is 9.11. The smallest absolute Gasteiger partial charge is 0.139 e. The second-order valence-corrected chi connectivity index (χ2v) is 13.4. The summed E-state index contributed by atoms with van der Waals surface area (Å²) in [4.78, 5) is 9.47. The van der Waals surface area contributed by atoms with Crippen molar-refractivity contribution in [2.45, 2.75) is 33.1 Å². The molecule has 4 aromatic carbocycles. The Balaban J connectivity index is 1.27. The molecule has 0 amide bonds. The molecule has 0 saturated carbocycles. The van der Waals surface area contributed by atoms with E-state index in [-0.39, 0.29) is 5.41 Å². The van der Waals surface area contributed by atoms with E-state index < -0.39 is 0 Å². The number of anilines is 1. The predicted molar refractivity (Wildman–Crippen MR) is 187 cm³/mol. The first-order chi connectivity index (χ1) is 21.6. The number of aromatic nitrogens is 3. The highest BCUT2D eigenvalue weighted by Crippen LogP contribution is 2.38. The molecular formula is C39H37N5O. The Morgan fingerprint density at radius 3 is 2.31 bits per heavy atom. The van der Waals surface area contributed by atoms with Crippen molar-refractivity contribution in [1.29, 1.82) is 0 Å². The van der Waals surface area contributed by atoms with Crippen molar-refractivity contribution in [2.75, 3.05) is 18.6 Å². The molecule has 45 heavy (non-hydrogen) atoms. The third kappa shape index (κ3) is 4.51. The number of hydrogen-bond acceptors (Lipinski definition) is 4. The Kier molecular flexibility index (Phi) is 6.01. The number of rotatable bonds is 4. The zero-order valence-electron chi connectivity index (χ0n) is 26.7. The van der Waals surface area contributed by atoms with E-state index in [0.29, 0.717) is 0 Å². The first-order valence-electron chi connectivity index (χ1n) is 15.5. The van der Waals surface area contributed by atoms with Gasteiger partial charge in [-0.05, 0) is 60.4 Å². The predicted octanol–water partition coefficient (Wildman–Crippen LogP) is 9.40. The fourth-order valence-electron chi connectivity index (χ4n) is 6.66. The minimum atomic E-state index is -0.0232. The number of aryl methyl sites for hydroxylation is 2. The maximum atomic E-state index is 6.67. The van der Waals surface area contributed by atoms with Crippen LogP contribution < -0.4 is 9.64 Å². The molecule has 6 nitrogen and oxygen atoms in total. The molecule has 1 aliphatic heterocycles. The molecule has 224 valence electrons. The van der Waals surface area contributed by atoms with Crippen LogP contribution in [0.1, 0.15) is 31.9 Å². The standard InChI is InChI=1S/C39H37N5O/c1-25-11-14-34-32(17-25)33-23-40-38(22-36(33)42(34)6)44-35-10-8-7-9-30(35)31-13-12-28(21-37(31)44)45-29-19-26(39(2,3)4)18-27(20-29)43-16-15-41(5)24-43/h7-23H,24H2,1-6H3. The number of hydrogen-bond donors (Lipinski definition) is 0. The Bertz CT molecular complexity index is 2320. The van der Waals surface area contributed by atoms with Gasteiger partial charge in [0.05, 0.1) is 23.2 Å². The van der Waals surface area contributed by atoms with Gasteiger partial charge in [0.1, 0.15) is 17.3 Å². The maximum absolute atomic E-state index is 6.67. The van der Waals surface area contributed by atoms with Crippen LogP contribution in [0.15, 0.2) is 104 Å². The Hall–Kier alpha value is -5.23. The van der Waals surface area contributed by atoms with Crippen molar-refractivity contribution < 1.29 is 4.74 Å². The van der Waals surface area contributed by atoms with Gasteiger partial charge in [-0.1, -0.05) is 50.6 Å². The number of ether oxygens (including phenoxy) is 1. The lowest BCUT2D eigenvalue weighted by Gasteiger charge is -2.25. The summed E-state index contributed by atoms with van der Waals surface area (Å²) < 4.78 is 11.2. The van der Waals surface area contributed by atoms with Crippen molar-refractivity contribution in [1.82, 2.24) is 19.0 Å². The van der Waals surface area contributed by atoms with E-state index in [9.17, 15) is 0 Å². The molecule has 8 rings (SSSR count). The normalized spacial score (nSPS) is 13.7. The minimum absolute atomic E-state index is 0.0232. The van der Waals surface area contributed by atoms with Crippen molar-refractivity contribution >= 4 is 49.3 Å². The number of fused-ring (bicyclic) bond motifs is 6. The molecule has 0 unspecified atom stereocenters. The van der Waals surface area contributed by atoms with Crippen molar-refractivity contribution in [2.24, 2.45) is 7.05 Å². The summed E-state index contributed by atoms with van der Waals surface area (Å²) in [6.45, 7) is 9.68. The minimum Gasteiger partial charge on any atom is -0.457 e. The van der Waals surface area contributed by atoms with Gasteiger partial charge in [-0.25, -0.2) is 4.98 Å². The molecule has 4 heterocycles. The van der Waals surface area contributed by atoms with Crippen LogP contribution in [0.25, 0.3) is 49.4 Å². The van der Waals surface area contributed by atoms with E-state index in [0.717, 1.165) is 46.2 Å². The van der Waals surface area contributed by atoms with Crippen LogP contribution in [0.5, 0.6) is 11.5 Å². The lowest BCUT2D eigenvalue weighted by Crippen LogP contribution is -2.22. The summed E-state index contributed by atoms with van der Waals surface area (Å²) in [7, 11) is 4.22. The number of para-hydroxylation sites is 1. The summed E-state index contributed by atoms with van der Waals surface area (Å²) in [5.41, 5.74) is 8.13. The molecule has 1 aliphatic rings. The van der Waals surface area contributed by atoms with Crippen LogP contribution >= 0.6 is 0 Å². The molecule has 0 radical (unpaired) electrons. The highest BCUT2D eigenvalue weighted by atomic mass is 16.5. The Morgan fingerprint density at radius 2 is 1.51 bits per heavy atom. The lowest BCUT2D eigenvalue weighted by molar-refractivity contribution is 0.477. The Morgan fingerprint density at radius 1 is 0.689 bits per heavy atom. The van der Waals surface area contributed by atoms with Gasteiger partial charge in [-0.3, -0.25) is 4.57 Å². The summed E-state index contributed by atoms with van der Waals surface area (Å²) in [5.74, 6) is 2.50. The monoisotopic (exact) mass is 591 g/mol. The number of pyridine rings is 1. The molecule has 0 bridgehead atoms. The third-order valence-corrected chi connectivity index (χ3v) is 9.11. The molecular weight excluding hydrogens is 554 g/mol. The summed E-state index contributed by atoms with van der Waals surface area (Å²) in [5, 5.41) is 4.76. The molecule has 3 aromatic heterocycles. The zero-order chi connectivity index (χ0) is 31.0. The molecule has 7 aromatic rings. The van der Waals surface area contributed by atoms with E-state index >= 15 is 0 Å². The van der Waals surface area contributed by atoms with Crippen molar-refractivity contribution in [3.05, 3.63) is 115 Å². The van der Waals surface area contributed by atoms with Gasteiger partial charge in [0, 0.05) is 83.6 Å². The van der Waals surface area contributed by atoms with Crippen LogP contribution in [0.3, 0.4) is 0 Å². The quantitative estimate of drug-likeness (QED) is 0.204. The SMILES string of the molecule is Cc1ccc2c(c1)c1cnc(-n3c4ccccc4c4ccc(Oc5cc(N6C=CN(C)C6)cc(C(C)(C)C)c5)cc43)cc1n2C. The summed E-state index contributed by atoms with van der Waals surface area (Å²) in [6.07, 6.45) is 6.25. The largest absolute Gasteiger partial charge is 0.457 e. The molecule has 0 fully saturated rings. The average molecular weight is 592 g/mol. The molecule has 0 spiro atoms. The topological polar surface area (TPSA) is 38.5 Å². The van der Waals surface area contributed by atoms with E-state index in [4.69, 9.17) is 9.72 Å². The fraction of sp³-hybridized carbons (Fsp3) is 0.205. The van der Waals surface area contributed by atoms with Crippen LogP contribution in [0.4, 0.5) is 5.69 Å². The second kappa shape index (κ2) is 9.89. The van der Waals surface area contributed by atoms with Gasteiger partial charge >= 0.3 is 0 Å². The fourth-order valence-corrected chi connectivity index (χ4v) is 6.66. The van der Waals surface area contributed by atoms with E-state index in [2.05, 4.69) is 158 Å². The first kappa shape index (κ1) is 27.3. The van der Waals surface area contributed by atoms with Crippen molar-refractivity contribution in [3.8, 4) is 17.3 Å². The van der Waals surface area contributed by atoms with Gasteiger partial charge in [0.15, 0.2) is 0 Å². The molecule has 0 N–H and O–H groups in total. The second-order valence-electron chi connectivity index (χ2n) is 13.4. The molecule has 0 saturated heterocycles. The average Bonchev–Trinajstić information content (AvgIpc) is 3.68. The van der Waals surface area contributed by atoms with Gasteiger partial charge in [-0.2, -0.15) is 0 Å². The van der Waals surface area contributed by atoms with Crippen LogP contribution in [0, 0.1) is 6.92 Å². The maximum Gasteiger partial charge on any atom is 0.139 e. The van der Waals surface area contributed by atoms with Gasteiger partial charge < -0.3 is 19.1 Å². The van der Waals surface area contributed by atoms with Gasteiger partial charge in [-0.15, -0.1) is 0 Å². The van der Waals surface area contributed by atoms with E-state index in [1.54, 1.807) is 0 Å².